The van der Waals surface area contributed by atoms with Crippen LogP contribution in [0.3, 0.4) is 0 Å². The molecule has 1 saturated heterocycles. The number of hydrogen-bond acceptors (Lipinski definition) is 5. The van der Waals surface area contributed by atoms with E-state index in [4.69, 9.17) is 4.98 Å². The molecule has 1 atom stereocenters. The van der Waals surface area contributed by atoms with Gasteiger partial charge < -0.3 is 4.90 Å². The van der Waals surface area contributed by atoms with E-state index in [9.17, 15) is 4.79 Å². The number of hydrogen-bond donors (Lipinski definition) is 0. The maximum Gasteiger partial charge on any atom is 0.237 e. The van der Waals surface area contributed by atoms with Crippen molar-refractivity contribution in [3.63, 3.8) is 0 Å². The summed E-state index contributed by atoms with van der Waals surface area (Å²) in [6.07, 6.45) is 4.37. The molecule has 1 fully saturated rings. The van der Waals surface area contributed by atoms with Gasteiger partial charge in [0.05, 0.1) is 22.8 Å². The second-order valence-corrected chi connectivity index (χ2v) is 9.51. The molecule has 0 radical (unpaired) electrons. The number of rotatable bonds is 3. The van der Waals surface area contributed by atoms with Gasteiger partial charge >= 0.3 is 0 Å². The number of thiazole rings is 1. The molecule has 2 aromatic heterocycles. The molecule has 2 aliphatic heterocycles. The highest BCUT2D eigenvalue weighted by atomic mass is 32.1. The van der Waals surface area contributed by atoms with Crippen LogP contribution in [0.1, 0.15) is 40.8 Å². The van der Waals surface area contributed by atoms with Gasteiger partial charge in [-0.3, -0.25) is 9.69 Å². The summed E-state index contributed by atoms with van der Waals surface area (Å²) in [5.41, 5.74) is 2.46. The molecule has 4 nitrogen and oxygen atoms in total. The van der Waals surface area contributed by atoms with Gasteiger partial charge in [0.25, 0.3) is 0 Å². The second kappa shape index (κ2) is 7.34. The molecule has 0 bridgehead atoms. The first kappa shape index (κ1) is 17.3. The number of benzene rings is 1. The van der Waals surface area contributed by atoms with Crippen molar-refractivity contribution in [1.82, 2.24) is 14.8 Å². The van der Waals surface area contributed by atoms with Crippen molar-refractivity contribution >= 4 is 38.8 Å². The summed E-state index contributed by atoms with van der Waals surface area (Å²) in [5.74, 6) is 0.262. The fourth-order valence-corrected chi connectivity index (χ4v) is 6.25. The maximum atomic E-state index is 13.2. The number of aromatic nitrogens is 1. The van der Waals surface area contributed by atoms with Gasteiger partial charge in [-0.2, -0.15) is 0 Å². The summed E-state index contributed by atoms with van der Waals surface area (Å²) in [7, 11) is 0. The number of carbonyl (C=O) groups excluding carboxylic acids is 1. The third-order valence-electron chi connectivity index (χ3n) is 5.66. The number of carbonyl (C=O) groups is 1. The molecule has 27 heavy (non-hydrogen) atoms. The average molecular weight is 398 g/mol. The first-order valence-corrected chi connectivity index (χ1v) is 11.4. The van der Waals surface area contributed by atoms with E-state index >= 15 is 0 Å². The van der Waals surface area contributed by atoms with Crippen LogP contribution in [0.4, 0.5) is 0 Å². The summed E-state index contributed by atoms with van der Waals surface area (Å²) in [6, 6.07) is 10.6. The Morgan fingerprint density at radius 3 is 3.04 bits per heavy atom. The lowest BCUT2D eigenvalue weighted by Gasteiger charge is -2.36. The first-order valence-electron chi connectivity index (χ1n) is 9.70. The molecule has 0 N–H and O–H groups in total. The van der Waals surface area contributed by atoms with Crippen molar-refractivity contribution < 1.29 is 4.79 Å². The average Bonchev–Trinajstić information content (AvgIpc) is 3.34. The zero-order chi connectivity index (χ0) is 18.2. The van der Waals surface area contributed by atoms with Crippen LogP contribution in [0.2, 0.25) is 0 Å². The van der Waals surface area contributed by atoms with Gasteiger partial charge in [0, 0.05) is 24.5 Å². The molecule has 1 aromatic carbocycles. The molecule has 4 heterocycles. The molecule has 0 saturated carbocycles. The number of amides is 1. The zero-order valence-corrected chi connectivity index (χ0v) is 16.9. The lowest BCUT2D eigenvalue weighted by molar-refractivity contribution is -0.136. The van der Waals surface area contributed by atoms with Crippen molar-refractivity contribution in [2.45, 2.75) is 38.3 Å². The Kier molecular flexibility index (Phi) is 4.71. The second-order valence-electron chi connectivity index (χ2n) is 7.45. The Morgan fingerprint density at radius 1 is 1.19 bits per heavy atom. The topological polar surface area (TPSA) is 36.4 Å². The summed E-state index contributed by atoms with van der Waals surface area (Å²) >= 11 is 3.59. The van der Waals surface area contributed by atoms with Crippen LogP contribution in [0, 0.1) is 0 Å². The maximum absolute atomic E-state index is 13.2. The minimum absolute atomic E-state index is 0.144. The zero-order valence-electron chi connectivity index (χ0n) is 15.3. The predicted octanol–water partition coefficient (Wildman–Crippen LogP) is 4.47. The molecule has 140 valence electrons. The van der Waals surface area contributed by atoms with Crippen molar-refractivity contribution in [2.75, 3.05) is 19.6 Å². The molecular weight excluding hydrogens is 374 g/mol. The lowest BCUT2D eigenvalue weighted by Crippen LogP contribution is -2.45. The van der Waals surface area contributed by atoms with Crippen LogP contribution in [0.5, 0.6) is 0 Å². The number of fused-ring (bicyclic) bond motifs is 2. The normalized spacial score (nSPS) is 20.7. The quantitative estimate of drug-likeness (QED) is 0.654. The Morgan fingerprint density at radius 2 is 2.11 bits per heavy atom. The lowest BCUT2D eigenvalue weighted by atomic mass is 10.0. The highest BCUT2D eigenvalue weighted by molar-refractivity contribution is 7.18. The van der Waals surface area contributed by atoms with E-state index in [1.165, 1.54) is 21.6 Å². The third-order valence-corrected chi connectivity index (χ3v) is 7.82. The van der Waals surface area contributed by atoms with Crippen LogP contribution in [-0.2, 0) is 17.8 Å². The van der Waals surface area contributed by atoms with Crippen molar-refractivity contribution in [1.29, 1.82) is 0 Å². The number of likely N-dealkylation sites (tertiary alicyclic amines) is 1. The molecule has 6 heteroatoms. The van der Waals surface area contributed by atoms with Gasteiger partial charge in [-0.15, -0.1) is 22.7 Å². The standard InChI is InChI=1S/C21H23N3OS2/c25-20(14-23-11-8-18-15(13-23)9-12-26-18)24-10-4-3-6-17(24)21-22-16-5-1-2-7-19(16)27-21/h1-2,5,7,9,12,17H,3-4,6,8,10-11,13-14H2/t17-/m0/s1. The van der Waals surface area contributed by atoms with E-state index < -0.39 is 0 Å². The summed E-state index contributed by atoms with van der Waals surface area (Å²) in [5, 5.41) is 3.27. The molecular formula is C21H23N3OS2. The minimum atomic E-state index is 0.144. The highest BCUT2D eigenvalue weighted by Gasteiger charge is 2.31. The van der Waals surface area contributed by atoms with Crippen molar-refractivity contribution in [3.05, 3.63) is 51.2 Å². The van der Waals surface area contributed by atoms with Gasteiger partial charge in [-0.05, 0) is 54.8 Å². The van der Waals surface area contributed by atoms with Crippen LogP contribution in [0.15, 0.2) is 35.7 Å². The van der Waals surface area contributed by atoms with E-state index in [-0.39, 0.29) is 11.9 Å². The molecule has 2 aliphatic rings. The van der Waals surface area contributed by atoms with Gasteiger partial charge in [-0.25, -0.2) is 4.98 Å². The Bertz CT molecular complexity index is 930. The van der Waals surface area contributed by atoms with Crippen LogP contribution in [-0.4, -0.2) is 40.3 Å². The Hall–Kier alpha value is -1.76. The smallest absolute Gasteiger partial charge is 0.237 e. The largest absolute Gasteiger partial charge is 0.332 e. The third kappa shape index (κ3) is 3.42. The number of nitrogens with zero attached hydrogens (tertiary/aromatic N) is 3. The monoisotopic (exact) mass is 397 g/mol. The van der Waals surface area contributed by atoms with Crippen molar-refractivity contribution in [2.24, 2.45) is 0 Å². The summed E-state index contributed by atoms with van der Waals surface area (Å²) in [6.45, 7) is 3.27. The van der Waals surface area contributed by atoms with Crippen LogP contribution >= 0.6 is 22.7 Å². The van der Waals surface area contributed by atoms with E-state index in [0.717, 1.165) is 49.4 Å². The van der Waals surface area contributed by atoms with E-state index in [1.54, 1.807) is 11.3 Å². The van der Waals surface area contributed by atoms with Gasteiger partial charge in [-0.1, -0.05) is 12.1 Å². The van der Waals surface area contributed by atoms with Gasteiger partial charge in [0.15, 0.2) is 0 Å². The van der Waals surface area contributed by atoms with E-state index in [0.29, 0.717) is 6.54 Å². The fraction of sp³-hybridized carbons (Fsp3) is 0.429. The van der Waals surface area contributed by atoms with Gasteiger partial charge in [0.2, 0.25) is 5.91 Å². The molecule has 0 aliphatic carbocycles. The number of para-hydroxylation sites is 1. The fourth-order valence-electron chi connectivity index (χ4n) is 4.24. The predicted molar refractivity (Wildman–Crippen MR) is 111 cm³/mol. The highest BCUT2D eigenvalue weighted by Crippen LogP contribution is 2.36. The summed E-state index contributed by atoms with van der Waals surface area (Å²) in [4.78, 5) is 23.9. The minimum Gasteiger partial charge on any atom is -0.332 e. The summed E-state index contributed by atoms with van der Waals surface area (Å²) < 4.78 is 1.21. The van der Waals surface area contributed by atoms with E-state index in [1.807, 2.05) is 17.4 Å². The molecule has 0 unspecified atom stereocenters. The van der Waals surface area contributed by atoms with Crippen molar-refractivity contribution in [3.8, 4) is 0 Å². The molecule has 1 amide bonds. The first-order chi connectivity index (χ1) is 13.3. The number of thiophene rings is 1. The Labute approximate surface area is 167 Å². The van der Waals surface area contributed by atoms with Gasteiger partial charge in [0.1, 0.15) is 5.01 Å². The molecule has 0 spiro atoms. The Balaban J connectivity index is 1.33. The molecule has 5 rings (SSSR count). The van der Waals surface area contributed by atoms with E-state index in [2.05, 4.69) is 39.4 Å². The van der Waals surface area contributed by atoms with Crippen LogP contribution < -0.4 is 0 Å². The SMILES string of the molecule is O=C(CN1CCc2sccc2C1)N1CCCC[C@H]1c1nc2ccccc2s1. The van der Waals surface area contributed by atoms with Crippen LogP contribution in [0.25, 0.3) is 10.2 Å². The molecule has 3 aromatic rings. The number of piperidine rings is 1.